The monoisotopic (exact) mass is 299 g/mol. The molecule has 0 spiro atoms. The molecule has 0 saturated carbocycles. The lowest BCUT2D eigenvalue weighted by Crippen LogP contribution is -2.11. The van der Waals surface area contributed by atoms with Gasteiger partial charge in [0.05, 0.1) is 11.1 Å². The topological polar surface area (TPSA) is 68.0 Å². The summed E-state index contributed by atoms with van der Waals surface area (Å²) >= 11 is 0. The molecule has 0 fully saturated rings. The highest BCUT2D eigenvalue weighted by molar-refractivity contribution is 5.84. The lowest BCUT2D eigenvalue weighted by Gasteiger charge is -2.19. The molecule has 0 amide bonds. The number of hydrogen-bond donors (Lipinski definition) is 0. The van der Waals surface area contributed by atoms with Gasteiger partial charge in [0.1, 0.15) is 12.3 Å². The second-order valence-electron chi connectivity index (χ2n) is 4.55. The first kappa shape index (κ1) is 15.5. The molecule has 0 aromatic heterocycles. The molecule has 2 aromatic rings. The fourth-order valence-corrected chi connectivity index (χ4v) is 2.01. The van der Waals surface area contributed by atoms with Crippen molar-refractivity contribution in [3.63, 3.8) is 0 Å². The maximum atomic E-state index is 11.3. The summed E-state index contributed by atoms with van der Waals surface area (Å²) in [5.41, 5.74) is 2.03. The average Bonchev–Trinajstić information content (AvgIpc) is 2.55. The van der Waals surface area contributed by atoms with Gasteiger partial charge in [-0.1, -0.05) is 29.4 Å². The molecule has 0 bridgehead atoms. The molecule has 0 aliphatic carbocycles. The smallest absolute Gasteiger partial charge is 0.293 e. The third kappa shape index (κ3) is 3.60. The molecule has 0 aliphatic heterocycles. The van der Waals surface area contributed by atoms with Crippen LogP contribution in [0.2, 0.25) is 0 Å². The molecule has 6 heteroatoms. The van der Waals surface area contributed by atoms with E-state index in [1.165, 1.54) is 12.3 Å². The zero-order valence-electron chi connectivity index (χ0n) is 12.5. The maximum Gasteiger partial charge on any atom is 0.293 e. The predicted molar refractivity (Wildman–Crippen MR) is 86.8 cm³/mol. The fourth-order valence-electron chi connectivity index (χ4n) is 2.01. The van der Waals surface area contributed by atoms with Crippen molar-refractivity contribution in [3.05, 3.63) is 64.2 Å². The lowest BCUT2D eigenvalue weighted by molar-refractivity contribution is -0.384. The van der Waals surface area contributed by atoms with E-state index in [9.17, 15) is 10.1 Å². The summed E-state index contributed by atoms with van der Waals surface area (Å²) in [7, 11) is 1.80. The van der Waals surface area contributed by atoms with Gasteiger partial charge in [0.25, 0.3) is 5.69 Å². The number of oxime groups is 1. The number of rotatable bonds is 6. The normalized spacial score (nSPS) is 10.6. The number of benzene rings is 2. The van der Waals surface area contributed by atoms with Crippen molar-refractivity contribution >= 4 is 23.3 Å². The second-order valence-corrected chi connectivity index (χ2v) is 4.55. The van der Waals surface area contributed by atoms with Crippen molar-refractivity contribution in [2.24, 2.45) is 5.16 Å². The van der Waals surface area contributed by atoms with Gasteiger partial charge in [-0.15, -0.1) is 0 Å². The first-order valence-electron chi connectivity index (χ1n) is 6.86. The molecule has 2 rings (SSSR count). The number of nitrogens with zero attached hydrogens (tertiary/aromatic N) is 3. The maximum absolute atomic E-state index is 11.3. The van der Waals surface area contributed by atoms with E-state index >= 15 is 0 Å². The Morgan fingerprint density at radius 3 is 2.64 bits per heavy atom. The van der Waals surface area contributed by atoms with Crippen molar-refractivity contribution in [1.29, 1.82) is 0 Å². The molecule has 0 atom stereocenters. The van der Waals surface area contributed by atoms with Gasteiger partial charge in [0.15, 0.2) is 0 Å². The van der Waals surface area contributed by atoms with E-state index < -0.39 is 4.92 Å². The number of nitro benzene ring substituents is 1. The van der Waals surface area contributed by atoms with Crippen molar-refractivity contribution < 1.29 is 9.76 Å². The Morgan fingerprint density at radius 1 is 1.27 bits per heavy atom. The molecule has 22 heavy (non-hydrogen) atoms. The summed E-state index contributed by atoms with van der Waals surface area (Å²) in [6, 6.07) is 14.4. The van der Waals surface area contributed by atoms with Gasteiger partial charge in [0, 0.05) is 24.4 Å². The molecule has 0 radical (unpaired) electrons. The summed E-state index contributed by atoms with van der Waals surface area (Å²) in [4.78, 5) is 17.6. The Morgan fingerprint density at radius 2 is 2.00 bits per heavy atom. The fraction of sp³-hybridized carbons (Fsp3) is 0.188. The minimum atomic E-state index is -0.396. The van der Waals surface area contributed by atoms with Crippen LogP contribution >= 0.6 is 0 Å². The Balaban J connectivity index is 2.37. The van der Waals surface area contributed by atoms with Gasteiger partial charge in [-0.2, -0.15) is 0 Å². The summed E-state index contributed by atoms with van der Waals surface area (Å²) in [5, 5.41) is 15.1. The molecular formula is C16H17N3O3. The van der Waals surface area contributed by atoms with Gasteiger partial charge in [-0.25, -0.2) is 0 Å². The van der Waals surface area contributed by atoms with Crippen molar-refractivity contribution in [2.75, 3.05) is 18.6 Å². The standard InChI is InChI=1S/C16H17N3O3/c1-3-22-17-12-13-9-10-15(16(11-13)19(20)21)18(2)14-7-5-4-6-8-14/h4-12H,3H2,1-2H3/b17-12+. The highest BCUT2D eigenvalue weighted by atomic mass is 16.6. The largest absolute Gasteiger partial charge is 0.396 e. The minimum Gasteiger partial charge on any atom is -0.396 e. The first-order chi connectivity index (χ1) is 10.6. The summed E-state index contributed by atoms with van der Waals surface area (Å²) in [6.45, 7) is 2.27. The van der Waals surface area contributed by atoms with Crippen molar-refractivity contribution in [2.45, 2.75) is 6.92 Å². The Bertz CT molecular complexity index is 672. The predicted octanol–water partition coefficient (Wildman–Crippen LogP) is 3.73. The van der Waals surface area contributed by atoms with Gasteiger partial charge in [-0.3, -0.25) is 10.1 Å². The Labute approximate surface area is 128 Å². The highest BCUT2D eigenvalue weighted by Crippen LogP contribution is 2.32. The van der Waals surface area contributed by atoms with Crippen LogP contribution in [-0.2, 0) is 4.84 Å². The van der Waals surface area contributed by atoms with E-state index in [0.717, 1.165) is 5.69 Å². The van der Waals surface area contributed by atoms with Gasteiger partial charge < -0.3 is 9.74 Å². The zero-order chi connectivity index (χ0) is 15.9. The van der Waals surface area contributed by atoms with Crippen LogP contribution in [0, 0.1) is 10.1 Å². The van der Waals surface area contributed by atoms with Crippen molar-refractivity contribution in [3.8, 4) is 0 Å². The number of para-hydroxylation sites is 1. The van der Waals surface area contributed by atoms with Crippen LogP contribution in [0.25, 0.3) is 0 Å². The molecule has 0 N–H and O–H groups in total. The van der Waals surface area contributed by atoms with Crippen LogP contribution in [0.15, 0.2) is 53.7 Å². The van der Waals surface area contributed by atoms with Crippen LogP contribution in [0.3, 0.4) is 0 Å². The third-order valence-electron chi connectivity index (χ3n) is 3.11. The van der Waals surface area contributed by atoms with Crippen LogP contribution in [-0.4, -0.2) is 24.8 Å². The highest BCUT2D eigenvalue weighted by Gasteiger charge is 2.18. The van der Waals surface area contributed by atoms with E-state index in [-0.39, 0.29) is 5.69 Å². The molecule has 0 saturated heterocycles. The van der Waals surface area contributed by atoms with Gasteiger partial charge in [0.2, 0.25) is 0 Å². The van der Waals surface area contributed by atoms with E-state index in [4.69, 9.17) is 4.84 Å². The first-order valence-corrected chi connectivity index (χ1v) is 6.86. The molecule has 114 valence electrons. The lowest BCUT2D eigenvalue weighted by atomic mass is 10.1. The van der Waals surface area contributed by atoms with Crippen molar-refractivity contribution in [1.82, 2.24) is 0 Å². The number of hydrogen-bond acceptors (Lipinski definition) is 5. The second kappa shape index (κ2) is 7.21. The van der Waals surface area contributed by atoms with Crippen LogP contribution in [0.4, 0.5) is 17.1 Å². The molecular weight excluding hydrogens is 282 g/mol. The Hall–Kier alpha value is -2.89. The van der Waals surface area contributed by atoms with E-state index in [1.54, 1.807) is 24.1 Å². The number of anilines is 2. The molecule has 0 unspecified atom stereocenters. The minimum absolute atomic E-state index is 0.0202. The van der Waals surface area contributed by atoms with E-state index in [0.29, 0.717) is 17.9 Å². The van der Waals surface area contributed by atoms with E-state index in [2.05, 4.69) is 5.16 Å². The quantitative estimate of drug-likeness (QED) is 0.463. The van der Waals surface area contributed by atoms with Gasteiger partial charge >= 0.3 is 0 Å². The molecule has 2 aromatic carbocycles. The summed E-state index contributed by atoms with van der Waals surface area (Å²) in [5.74, 6) is 0. The Kier molecular flexibility index (Phi) is 5.08. The molecule has 0 aliphatic rings. The summed E-state index contributed by atoms with van der Waals surface area (Å²) < 4.78 is 0. The number of nitro groups is 1. The van der Waals surface area contributed by atoms with Crippen LogP contribution in [0.5, 0.6) is 0 Å². The third-order valence-corrected chi connectivity index (χ3v) is 3.11. The van der Waals surface area contributed by atoms with Gasteiger partial charge in [-0.05, 0) is 25.1 Å². The average molecular weight is 299 g/mol. The SMILES string of the molecule is CCO/N=C/c1ccc(N(C)c2ccccc2)c([N+](=O)[O-])c1. The van der Waals surface area contributed by atoms with Crippen LogP contribution in [0.1, 0.15) is 12.5 Å². The summed E-state index contributed by atoms with van der Waals surface area (Å²) in [6.07, 6.45) is 1.46. The molecule has 0 heterocycles. The van der Waals surface area contributed by atoms with Crippen LogP contribution < -0.4 is 4.90 Å². The molecule has 6 nitrogen and oxygen atoms in total. The zero-order valence-corrected chi connectivity index (χ0v) is 12.5. The van der Waals surface area contributed by atoms with E-state index in [1.807, 2.05) is 37.3 Å².